The van der Waals surface area contributed by atoms with E-state index in [-0.39, 0.29) is 64.4 Å². The predicted molar refractivity (Wildman–Crippen MR) is 82.7 cm³/mol. The van der Waals surface area contributed by atoms with Gasteiger partial charge in [0.25, 0.3) is 5.91 Å². The molecular weight excluding hydrogens is 367 g/mol. The second-order valence-electron chi connectivity index (χ2n) is 6.59. The molecule has 0 unspecified atom stereocenters. The zero-order chi connectivity index (χ0) is 17.8. The molecule has 3 aliphatic heterocycles. The molecule has 0 aliphatic carbocycles. The molecule has 0 radical (unpaired) electrons. The number of carbonyl (C=O) groups is 2. The molecule has 3 aliphatic rings. The fourth-order valence-electron chi connectivity index (χ4n) is 3.82. The van der Waals surface area contributed by atoms with Gasteiger partial charge in [-0.3, -0.25) is 9.79 Å². The summed E-state index contributed by atoms with van der Waals surface area (Å²) in [6.07, 6.45) is -0.379. The van der Waals surface area contributed by atoms with E-state index in [2.05, 4.69) is 4.99 Å². The van der Waals surface area contributed by atoms with Crippen molar-refractivity contribution < 1.29 is 80.7 Å². The van der Waals surface area contributed by atoms with E-state index in [1.807, 2.05) is 30.3 Å². The minimum Gasteiger partial charge on any atom is -0.862 e. The summed E-state index contributed by atoms with van der Waals surface area (Å²) in [5.74, 6) is -3.44. The third kappa shape index (κ3) is 3.15. The van der Waals surface area contributed by atoms with Crippen LogP contribution >= 0.6 is 0 Å². The van der Waals surface area contributed by atoms with Gasteiger partial charge >= 0.3 is 57.4 Å². The van der Waals surface area contributed by atoms with Crippen LogP contribution in [0.4, 0.5) is 0 Å². The first kappa shape index (κ1) is 19.9. The summed E-state index contributed by atoms with van der Waals surface area (Å²) in [4.78, 5) is 29.3. The van der Waals surface area contributed by atoms with Crippen molar-refractivity contribution in [3.8, 4) is 0 Å². The topological polar surface area (TPSA) is 111 Å². The molecule has 3 fully saturated rings. The molecule has 0 spiro atoms. The largest absolute Gasteiger partial charge is 1.00 e. The number of amides is 1. The Morgan fingerprint density at radius 3 is 2.77 bits per heavy atom. The van der Waals surface area contributed by atoms with Crippen LogP contribution in [-0.2, 0) is 25.5 Å². The van der Waals surface area contributed by atoms with Crippen LogP contribution in [0.1, 0.15) is 12.5 Å². The van der Waals surface area contributed by atoms with Crippen LogP contribution in [-0.4, -0.2) is 64.4 Å². The number of carboxylic acid groups (broad SMARTS) is 1. The number of rotatable bonds is 4. The van der Waals surface area contributed by atoms with Gasteiger partial charge in [0.15, 0.2) is 17.9 Å². The maximum atomic E-state index is 12.5. The second kappa shape index (κ2) is 7.31. The van der Waals surface area contributed by atoms with Crippen LogP contribution in [0.2, 0.25) is 0 Å². The maximum Gasteiger partial charge on any atom is 1.00 e. The summed E-state index contributed by atoms with van der Waals surface area (Å²) in [5.41, 5.74) is 0.806. The molecule has 132 valence electrons. The van der Waals surface area contributed by atoms with Gasteiger partial charge in [0, 0.05) is 6.42 Å². The Balaban J connectivity index is 0.00000196. The van der Waals surface area contributed by atoms with Gasteiger partial charge < -0.3 is 24.6 Å². The smallest absolute Gasteiger partial charge is 0.862 e. The van der Waals surface area contributed by atoms with E-state index in [1.54, 1.807) is 0 Å². The zero-order valence-electron chi connectivity index (χ0n) is 14.5. The van der Waals surface area contributed by atoms with Crippen LogP contribution in [0, 0.1) is 0 Å². The fourth-order valence-corrected chi connectivity index (χ4v) is 3.82. The number of nitrogens with zero attached hydrogens (tertiary/aromatic N) is 2. The van der Waals surface area contributed by atoms with Gasteiger partial charge in [0.2, 0.25) is 0 Å². The van der Waals surface area contributed by atoms with Crippen LogP contribution in [0.5, 0.6) is 0 Å². The Morgan fingerprint density at radius 1 is 1.42 bits per heavy atom. The molecule has 0 saturated carbocycles. The van der Waals surface area contributed by atoms with Crippen LogP contribution in [0.3, 0.4) is 0 Å². The number of hydrogen-bond acceptors (Lipinski definition) is 6. The Bertz CT molecular complexity index is 757. The molecule has 2 bridgehead atoms. The second-order valence-corrected chi connectivity index (χ2v) is 6.59. The maximum absolute atomic E-state index is 12.5. The minimum atomic E-state index is -1.36. The summed E-state index contributed by atoms with van der Waals surface area (Å²) < 4.78 is 11.2. The van der Waals surface area contributed by atoms with Gasteiger partial charge in [-0.15, -0.1) is 0 Å². The minimum absolute atomic E-state index is 0. The van der Waals surface area contributed by atoms with E-state index in [1.165, 1.54) is 11.8 Å². The van der Waals surface area contributed by atoms with Gasteiger partial charge in [0.05, 0.1) is 12.6 Å². The molecule has 1 N–H and O–H groups in total. The van der Waals surface area contributed by atoms with E-state index in [0.717, 1.165) is 5.56 Å². The number of morpholine rings is 1. The zero-order valence-corrected chi connectivity index (χ0v) is 17.6. The first-order chi connectivity index (χ1) is 11.9. The van der Waals surface area contributed by atoms with Crippen molar-refractivity contribution in [3.05, 3.63) is 35.9 Å². The SMILES string of the molecule is C[C@@]12OC[C@@H](O1)[C@H]1[C@@H](N=C([O-])Cc3ccccc3)C(=O)N1[C@@H]2C(=O)O.[K+]. The van der Waals surface area contributed by atoms with Crippen molar-refractivity contribution in [2.45, 2.75) is 43.4 Å². The summed E-state index contributed by atoms with van der Waals surface area (Å²) >= 11 is 0. The Labute approximate surface area is 192 Å². The van der Waals surface area contributed by atoms with E-state index >= 15 is 0 Å². The number of carboxylic acids is 1. The number of aliphatic carboxylic acids is 1. The van der Waals surface area contributed by atoms with Gasteiger partial charge in [-0.2, -0.15) is 0 Å². The van der Waals surface area contributed by atoms with E-state index in [0.29, 0.717) is 0 Å². The van der Waals surface area contributed by atoms with Crippen molar-refractivity contribution in [1.29, 1.82) is 0 Å². The summed E-state index contributed by atoms with van der Waals surface area (Å²) in [6.45, 7) is 1.69. The number of hydrogen-bond donors (Lipinski definition) is 1. The molecule has 4 rings (SSSR count). The number of β-lactam (4-membered cyclic amide) rings is 1. The van der Waals surface area contributed by atoms with Crippen molar-refractivity contribution in [3.63, 3.8) is 0 Å². The first-order valence-corrected chi connectivity index (χ1v) is 8.05. The quantitative estimate of drug-likeness (QED) is 0.246. The van der Waals surface area contributed by atoms with E-state index < -0.39 is 47.8 Å². The Morgan fingerprint density at radius 2 is 2.12 bits per heavy atom. The normalized spacial score (nSPS) is 35.3. The Hall–Kier alpha value is -0.814. The standard InChI is InChI=1S/C17H18N2O6.K/c1-17-14(16(22)23)19-13(10(25-17)8-24-17)12(15(19)21)18-11(20)7-9-5-3-2-4-6-9;/h2-6,10,12-14H,7-8H2,1H3,(H,18,20)(H,22,23);/q;+1/p-1/t10-,12-,13+,14-,17-;/m1./s1. The third-order valence-electron chi connectivity index (χ3n) is 4.94. The molecule has 8 nitrogen and oxygen atoms in total. The summed E-state index contributed by atoms with van der Waals surface area (Å²) in [5, 5.41) is 21.7. The van der Waals surface area contributed by atoms with Gasteiger partial charge in [0.1, 0.15) is 6.10 Å². The molecule has 9 heteroatoms. The summed E-state index contributed by atoms with van der Waals surface area (Å²) in [7, 11) is 0. The van der Waals surface area contributed by atoms with Gasteiger partial charge in [-0.1, -0.05) is 30.3 Å². The number of ether oxygens (including phenoxy) is 2. The van der Waals surface area contributed by atoms with Crippen molar-refractivity contribution >= 4 is 17.8 Å². The summed E-state index contributed by atoms with van der Waals surface area (Å²) in [6, 6.07) is 6.38. The number of benzene rings is 1. The van der Waals surface area contributed by atoms with Crippen LogP contribution in [0.25, 0.3) is 0 Å². The molecule has 1 aromatic carbocycles. The van der Waals surface area contributed by atoms with Crippen LogP contribution < -0.4 is 56.5 Å². The average molecular weight is 384 g/mol. The van der Waals surface area contributed by atoms with E-state index in [4.69, 9.17) is 9.47 Å². The molecule has 5 atom stereocenters. The van der Waals surface area contributed by atoms with Crippen molar-refractivity contribution in [1.82, 2.24) is 4.90 Å². The van der Waals surface area contributed by atoms with E-state index in [9.17, 15) is 19.8 Å². The average Bonchev–Trinajstić information content (AvgIpc) is 2.91. The number of fused-ring (bicyclic) bond motifs is 4. The van der Waals surface area contributed by atoms with Gasteiger partial charge in [-0.05, 0) is 18.4 Å². The molecule has 3 saturated heterocycles. The number of carbonyl (C=O) groups excluding carboxylic acids is 1. The molecule has 1 amide bonds. The molecule has 1 aromatic rings. The predicted octanol–water partition coefficient (Wildman–Crippen LogP) is -3.83. The third-order valence-corrected chi connectivity index (χ3v) is 4.94. The first-order valence-electron chi connectivity index (χ1n) is 8.05. The Kier molecular flexibility index (Phi) is 5.60. The molecule has 0 aromatic heterocycles. The molecule has 3 heterocycles. The van der Waals surface area contributed by atoms with Gasteiger partial charge in [-0.25, -0.2) is 4.79 Å². The fraction of sp³-hybridized carbons (Fsp3) is 0.471. The number of aliphatic imine (C=N–C) groups is 1. The van der Waals surface area contributed by atoms with Crippen molar-refractivity contribution in [2.75, 3.05) is 6.61 Å². The monoisotopic (exact) mass is 384 g/mol. The van der Waals surface area contributed by atoms with Crippen LogP contribution in [0.15, 0.2) is 35.3 Å². The molecule has 26 heavy (non-hydrogen) atoms. The molecular formula is C17H17KN2O6. The van der Waals surface area contributed by atoms with Crippen molar-refractivity contribution in [2.24, 2.45) is 4.99 Å².